The Balaban J connectivity index is 0.00000137. The number of methoxy groups -OCH3 is 1. The van der Waals surface area contributed by atoms with Crippen LogP contribution in [-0.2, 0) is 9.53 Å². The molecular formula is C13H26N2O3. The van der Waals surface area contributed by atoms with Crippen molar-refractivity contribution in [3.63, 3.8) is 0 Å². The number of carbonyl (C=O) groups excluding carboxylic acids is 2. The molecule has 1 saturated heterocycles. The molecule has 1 N–H and O–H groups in total. The number of rotatable bonds is 3. The van der Waals surface area contributed by atoms with Gasteiger partial charge in [-0.15, -0.1) is 0 Å². The zero-order valence-electron chi connectivity index (χ0n) is 12.2. The van der Waals surface area contributed by atoms with E-state index in [0.29, 0.717) is 0 Å². The fourth-order valence-electron chi connectivity index (χ4n) is 1.83. The number of hydrogen-bond donors (Lipinski definition) is 1. The molecule has 0 aromatic carbocycles. The maximum atomic E-state index is 12.1. The Labute approximate surface area is 110 Å². The van der Waals surface area contributed by atoms with E-state index in [1.807, 2.05) is 27.7 Å². The molecule has 1 atom stereocenters. The minimum Gasteiger partial charge on any atom is -0.453 e. The summed E-state index contributed by atoms with van der Waals surface area (Å²) in [6, 6.07) is -0.481. The molecule has 0 aliphatic carbocycles. The molecule has 1 fully saturated rings. The van der Waals surface area contributed by atoms with E-state index in [-0.39, 0.29) is 11.8 Å². The number of ether oxygens (including phenoxy) is 1. The summed E-state index contributed by atoms with van der Waals surface area (Å²) in [7, 11) is 1.30. The first-order valence-electron chi connectivity index (χ1n) is 6.69. The van der Waals surface area contributed by atoms with Gasteiger partial charge < -0.3 is 15.0 Å². The number of alkyl carbamates (subject to hydrolysis) is 1. The lowest BCUT2D eigenvalue weighted by Gasteiger charge is -2.26. The highest BCUT2D eigenvalue weighted by Gasteiger charge is 2.30. The van der Waals surface area contributed by atoms with Gasteiger partial charge in [0, 0.05) is 13.1 Å². The van der Waals surface area contributed by atoms with E-state index in [1.165, 1.54) is 7.11 Å². The summed E-state index contributed by atoms with van der Waals surface area (Å²) in [6.07, 6.45) is 1.55. The first-order chi connectivity index (χ1) is 8.56. The van der Waals surface area contributed by atoms with Crippen molar-refractivity contribution in [3.8, 4) is 0 Å². The van der Waals surface area contributed by atoms with Crippen molar-refractivity contribution in [3.05, 3.63) is 0 Å². The smallest absolute Gasteiger partial charge is 0.407 e. The first-order valence-corrected chi connectivity index (χ1v) is 6.69. The van der Waals surface area contributed by atoms with Gasteiger partial charge in [-0.3, -0.25) is 4.79 Å². The molecule has 1 unspecified atom stereocenters. The van der Waals surface area contributed by atoms with Crippen LogP contribution in [0.15, 0.2) is 0 Å². The fourth-order valence-corrected chi connectivity index (χ4v) is 1.83. The average molecular weight is 258 g/mol. The van der Waals surface area contributed by atoms with Crippen LogP contribution in [0, 0.1) is 5.92 Å². The van der Waals surface area contributed by atoms with Gasteiger partial charge >= 0.3 is 6.09 Å². The van der Waals surface area contributed by atoms with Gasteiger partial charge in [-0.1, -0.05) is 27.7 Å². The van der Waals surface area contributed by atoms with Gasteiger partial charge in [-0.2, -0.15) is 0 Å². The second kappa shape index (κ2) is 8.78. The second-order valence-corrected chi connectivity index (χ2v) is 4.39. The molecule has 0 saturated carbocycles. The third-order valence-corrected chi connectivity index (χ3v) is 2.81. The third-order valence-electron chi connectivity index (χ3n) is 2.81. The molecule has 0 spiro atoms. The van der Waals surface area contributed by atoms with Gasteiger partial charge in [0.05, 0.1) is 7.11 Å². The number of nitrogens with zero attached hydrogens (tertiary/aromatic N) is 1. The van der Waals surface area contributed by atoms with Crippen molar-refractivity contribution in [1.82, 2.24) is 10.2 Å². The molecule has 0 radical (unpaired) electrons. The second-order valence-electron chi connectivity index (χ2n) is 4.39. The van der Waals surface area contributed by atoms with Crippen LogP contribution in [0.5, 0.6) is 0 Å². The van der Waals surface area contributed by atoms with E-state index < -0.39 is 12.1 Å². The monoisotopic (exact) mass is 258 g/mol. The van der Waals surface area contributed by atoms with Crippen LogP contribution >= 0.6 is 0 Å². The highest BCUT2D eigenvalue weighted by molar-refractivity contribution is 5.86. The Morgan fingerprint density at radius 3 is 2.06 bits per heavy atom. The summed E-state index contributed by atoms with van der Waals surface area (Å²) in [5, 5.41) is 2.59. The zero-order valence-corrected chi connectivity index (χ0v) is 12.2. The summed E-state index contributed by atoms with van der Waals surface area (Å²) >= 11 is 0. The lowest BCUT2D eigenvalue weighted by Crippen LogP contribution is -2.50. The summed E-state index contributed by atoms with van der Waals surface area (Å²) in [4.78, 5) is 25.0. The highest BCUT2D eigenvalue weighted by atomic mass is 16.5. The SMILES string of the molecule is CC.COC(=O)NC(C(=O)N1CCCC1)C(C)C. The maximum Gasteiger partial charge on any atom is 0.407 e. The van der Waals surface area contributed by atoms with Crippen LogP contribution < -0.4 is 5.32 Å². The van der Waals surface area contributed by atoms with Crippen LogP contribution in [0.1, 0.15) is 40.5 Å². The Morgan fingerprint density at radius 1 is 1.17 bits per heavy atom. The van der Waals surface area contributed by atoms with Crippen LogP contribution in [-0.4, -0.2) is 43.1 Å². The van der Waals surface area contributed by atoms with Crippen molar-refractivity contribution in [2.45, 2.75) is 46.6 Å². The number of carbonyl (C=O) groups is 2. The molecular weight excluding hydrogens is 232 g/mol. The van der Waals surface area contributed by atoms with E-state index in [1.54, 1.807) is 4.90 Å². The molecule has 0 aromatic rings. The molecule has 1 aliphatic heterocycles. The number of hydrogen-bond acceptors (Lipinski definition) is 3. The number of nitrogens with one attached hydrogen (secondary N) is 1. The molecule has 1 rings (SSSR count). The number of amides is 2. The van der Waals surface area contributed by atoms with Crippen molar-refractivity contribution in [2.75, 3.05) is 20.2 Å². The summed E-state index contributed by atoms with van der Waals surface area (Å²) in [6.45, 7) is 9.42. The Morgan fingerprint density at radius 2 is 1.67 bits per heavy atom. The maximum absolute atomic E-state index is 12.1. The minimum absolute atomic E-state index is 0.00194. The van der Waals surface area contributed by atoms with Crippen LogP contribution in [0.25, 0.3) is 0 Å². The predicted molar refractivity (Wildman–Crippen MR) is 71.3 cm³/mol. The molecule has 1 heterocycles. The Bertz CT molecular complexity index is 261. The largest absolute Gasteiger partial charge is 0.453 e. The topological polar surface area (TPSA) is 58.6 Å². The normalized spacial score (nSPS) is 15.8. The lowest BCUT2D eigenvalue weighted by atomic mass is 10.0. The Hall–Kier alpha value is -1.26. The van der Waals surface area contributed by atoms with Crippen molar-refractivity contribution in [2.24, 2.45) is 5.92 Å². The van der Waals surface area contributed by atoms with Gasteiger partial charge in [0.15, 0.2) is 0 Å². The molecule has 106 valence electrons. The first kappa shape index (κ1) is 16.7. The van der Waals surface area contributed by atoms with E-state index >= 15 is 0 Å². The van der Waals surface area contributed by atoms with Gasteiger partial charge in [-0.25, -0.2) is 4.79 Å². The van der Waals surface area contributed by atoms with Crippen LogP contribution in [0.3, 0.4) is 0 Å². The van der Waals surface area contributed by atoms with Gasteiger partial charge in [0.2, 0.25) is 5.91 Å². The average Bonchev–Trinajstić information content (AvgIpc) is 2.90. The minimum atomic E-state index is -0.550. The van der Waals surface area contributed by atoms with Crippen LogP contribution in [0.4, 0.5) is 4.79 Å². The molecule has 1 aliphatic rings. The number of likely N-dealkylation sites (tertiary alicyclic amines) is 1. The molecule has 5 nitrogen and oxygen atoms in total. The molecule has 18 heavy (non-hydrogen) atoms. The molecule has 0 bridgehead atoms. The van der Waals surface area contributed by atoms with E-state index in [2.05, 4.69) is 10.1 Å². The predicted octanol–water partition coefficient (Wildman–Crippen LogP) is 2.02. The standard InChI is InChI=1S/C11H20N2O3.C2H6/c1-8(2)9(12-11(15)16-3)10(14)13-6-4-5-7-13;1-2/h8-9H,4-7H2,1-3H3,(H,12,15);1-2H3. The summed E-state index contributed by atoms with van der Waals surface area (Å²) < 4.78 is 4.52. The lowest BCUT2D eigenvalue weighted by molar-refractivity contribution is -0.133. The molecule has 5 heteroatoms. The quantitative estimate of drug-likeness (QED) is 0.842. The molecule has 2 amide bonds. The molecule has 0 aromatic heterocycles. The highest BCUT2D eigenvalue weighted by Crippen LogP contribution is 2.13. The van der Waals surface area contributed by atoms with Gasteiger partial charge in [-0.05, 0) is 18.8 Å². The van der Waals surface area contributed by atoms with Crippen LogP contribution in [0.2, 0.25) is 0 Å². The van der Waals surface area contributed by atoms with Crippen molar-refractivity contribution < 1.29 is 14.3 Å². The fraction of sp³-hybridized carbons (Fsp3) is 0.846. The summed E-state index contributed by atoms with van der Waals surface area (Å²) in [5.74, 6) is 0.0603. The van der Waals surface area contributed by atoms with Crippen molar-refractivity contribution in [1.29, 1.82) is 0 Å². The third kappa shape index (κ3) is 4.94. The van der Waals surface area contributed by atoms with Gasteiger partial charge in [0.25, 0.3) is 0 Å². The summed E-state index contributed by atoms with van der Waals surface area (Å²) in [5.41, 5.74) is 0. The van der Waals surface area contributed by atoms with Gasteiger partial charge in [0.1, 0.15) is 6.04 Å². The van der Waals surface area contributed by atoms with E-state index in [4.69, 9.17) is 0 Å². The van der Waals surface area contributed by atoms with Crippen molar-refractivity contribution >= 4 is 12.0 Å². The Kier molecular flexibility index (Phi) is 8.16. The zero-order chi connectivity index (χ0) is 14.1. The van der Waals surface area contributed by atoms with E-state index in [0.717, 1.165) is 25.9 Å². The van der Waals surface area contributed by atoms with E-state index in [9.17, 15) is 9.59 Å².